The number of nitrogens with zero attached hydrogens (tertiary/aromatic N) is 4. The molecule has 2 unspecified atom stereocenters. The summed E-state index contributed by atoms with van der Waals surface area (Å²) in [5, 5.41) is 15.4. The van der Waals surface area contributed by atoms with Gasteiger partial charge < -0.3 is 5.32 Å². The van der Waals surface area contributed by atoms with Crippen LogP contribution in [-0.4, -0.2) is 26.8 Å². The molecule has 5 nitrogen and oxygen atoms in total. The first-order valence-electron chi connectivity index (χ1n) is 7.42. The molecule has 1 aliphatic rings. The summed E-state index contributed by atoms with van der Waals surface area (Å²) in [4.78, 5) is 0. The largest absolute Gasteiger partial charge is 0.352 e. The fourth-order valence-corrected chi connectivity index (χ4v) is 2.96. The summed E-state index contributed by atoms with van der Waals surface area (Å²) in [5.74, 6) is 2.25. The van der Waals surface area contributed by atoms with Crippen molar-refractivity contribution in [1.82, 2.24) is 20.2 Å². The lowest BCUT2D eigenvalue weighted by Crippen LogP contribution is -2.25. The SMILES string of the molecule is CC1CCCCC1CNc1nnnn1-c1ccccc1. The third-order valence-electron chi connectivity index (χ3n) is 4.28. The van der Waals surface area contributed by atoms with Crippen LogP contribution >= 0.6 is 0 Å². The zero-order chi connectivity index (χ0) is 13.8. The van der Waals surface area contributed by atoms with Crippen LogP contribution < -0.4 is 5.32 Å². The number of anilines is 1. The lowest BCUT2D eigenvalue weighted by molar-refractivity contribution is 0.268. The summed E-state index contributed by atoms with van der Waals surface area (Å²) < 4.78 is 1.76. The van der Waals surface area contributed by atoms with Crippen molar-refractivity contribution in [2.24, 2.45) is 11.8 Å². The van der Waals surface area contributed by atoms with E-state index >= 15 is 0 Å². The van der Waals surface area contributed by atoms with E-state index in [4.69, 9.17) is 0 Å². The van der Waals surface area contributed by atoms with E-state index in [1.165, 1.54) is 25.7 Å². The van der Waals surface area contributed by atoms with Crippen molar-refractivity contribution >= 4 is 5.95 Å². The highest BCUT2D eigenvalue weighted by Crippen LogP contribution is 2.29. The van der Waals surface area contributed by atoms with E-state index in [1.807, 2.05) is 30.3 Å². The summed E-state index contributed by atoms with van der Waals surface area (Å²) in [7, 11) is 0. The number of benzene rings is 1. The molecule has 3 rings (SSSR count). The van der Waals surface area contributed by atoms with E-state index < -0.39 is 0 Å². The smallest absolute Gasteiger partial charge is 0.247 e. The Morgan fingerprint density at radius 2 is 2.00 bits per heavy atom. The van der Waals surface area contributed by atoms with Crippen LogP contribution in [0.2, 0.25) is 0 Å². The van der Waals surface area contributed by atoms with E-state index in [9.17, 15) is 0 Å². The number of hydrogen-bond acceptors (Lipinski definition) is 4. The molecular formula is C15H21N5. The Morgan fingerprint density at radius 1 is 1.20 bits per heavy atom. The minimum absolute atomic E-state index is 0.727. The van der Waals surface area contributed by atoms with Crippen LogP contribution in [0.5, 0.6) is 0 Å². The van der Waals surface area contributed by atoms with Gasteiger partial charge in [-0.15, -0.1) is 0 Å². The van der Waals surface area contributed by atoms with Crippen molar-refractivity contribution in [3.63, 3.8) is 0 Å². The summed E-state index contributed by atoms with van der Waals surface area (Å²) in [5.41, 5.74) is 0.983. The predicted molar refractivity (Wildman–Crippen MR) is 78.8 cm³/mol. The quantitative estimate of drug-likeness (QED) is 0.929. The third kappa shape index (κ3) is 2.81. The molecule has 1 N–H and O–H groups in total. The lowest BCUT2D eigenvalue weighted by atomic mass is 9.80. The van der Waals surface area contributed by atoms with Gasteiger partial charge in [-0.3, -0.25) is 0 Å². The van der Waals surface area contributed by atoms with Gasteiger partial charge in [-0.1, -0.05) is 49.5 Å². The molecule has 1 aromatic carbocycles. The number of para-hydroxylation sites is 1. The van der Waals surface area contributed by atoms with Crippen LogP contribution in [0.15, 0.2) is 30.3 Å². The van der Waals surface area contributed by atoms with E-state index in [1.54, 1.807) is 4.68 Å². The predicted octanol–water partition coefficient (Wildman–Crippen LogP) is 2.90. The Morgan fingerprint density at radius 3 is 2.80 bits per heavy atom. The second-order valence-corrected chi connectivity index (χ2v) is 5.65. The highest BCUT2D eigenvalue weighted by Gasteiger charge is 2.21. The second-order valence-electron chi connectivity index (χ2n) is 5.65. The van der Waals surface area contributed by atoms with Gasteiger partial charge in [0.15, 0.2) is 0 Å². The number of hydrogen-bond donors (Lipinski definition) is 1. The lowest BCUT2D eigenvalue weighted by Gasteiger charge is -2.28. The molecule has 5 heteroatoms. The van der Waals surface area contributed by atoms with E-state index in [2.05, 4.69) is 27.8 Å². The molecule has 0 amide bonds. The van der Waals surface area contributed by atoms with Crippen molar-refractivity contribution in [2.45, 2.75) is 32.6 Å². The standard InChI is InChI=1S/C15H21N5/c1-12-7-5-6-8-13(12)11-16-15-17-18-19-20(15)14-9-3-2-4-10-14/h2-4,9-10,12-13H,5-8,11H2,1H3,(H,16,17,19). The fraction of sp³-hybridized carbons (Fsp3) is 0.533. The molecule has 2 atom stereocenters. The normalized spacial score (nSPS) is 22.6. The molecule has 0 aliphatic heterocycles. The van der Waals surface area contributed by atoms with E-state index in [0.717, 1.165) is 30.0 Å². The fourth-order valence-electron chi connectivity index (χ4n) is 2.96. The topological polar surface area (TPSA) is 55.6 Å². The van der Waals surface area contributed by atoms with Gasteiger partial charge in [-0.25, -0.2) is 0 Å². The van der Waals surface area contributed by atoms with Gasteiger partial charge in [0.2, 0.25) is 5.95 Å². The Balaban J connectivity index is 1.68. The molecule has 1 saturated carbocycles. The molecule has 0 bridgehead atoms. The molecule has 1 fully saturated rings. The number of tetrazole rings is 1. The van der Waals surface area contributed by atoms with E-state index in [0.29, 0.717) is 0 Å². The molecule has 0 spiro atoms. The zero-order valence-corrected chi connectivity index (χ0v) is 11.9. The number of rotatable bonds is 4. The molecule has 0 saturated heterocycles. The van der Waals surface area contributed by atoms with Gasteiger partial charge in [0.05, 0.1) is 5.69 Å². The van der Waals surface area contributed by atoms with Crippen molar-refractivity contribution in [3.8, 4) is 5.69 Å². The minimum atomic E-state index is 0.727. The van der Waals surface area contributed by atoms with Crippen LogP contribution in [0.4, 0.5) is 5.95 Å². The molecule has 2 aromatic rings. The molecule has 106 valence electrons. The summed E-state index contributed by atoms with van der Waals surface area (Å²) >= 11 is 0. The molecule has 0 radical (unpaired) electrons. The van der Waals surface area contributed by atoms with Gasteiger partial charge in [-0.2, -0.15) is 4.68 Å². The highest BCUT2D eigenvalue weighted by molar-refractivity contribution is 5.38. The van der Waals surface area contributed by atoms with Gasteiger partial charge in [0, 0.05) is 6.54 Å². The minimum Gasteiger partial charge on any atom is -0.352 e. The first-order chi connectivity index (χ1) is 9.84. The van der Waals surface area contributed by atoms with Crippen molar-refractivity contribution < 1.29 is 0 Å². The maximum absolute atomic E-state index is 4.09. The monoisotopic (exact) mass is 271 g/mol. The average molecular weight is 271 g/mol. The van der Waals surface area contributed by atoms with Crippen molar-refractivity contribution in [3.05, 3.63) is 30.3 Å². The molecular weight excluding hydrogens is 250 g/mol. The van der Waals surface area contributed by atoms with Gasteiger partial charge in [0.1, 0.15) is 0 Å². The van der Waals surface area contributed by atoms with E-state index in [-0.39, 0.29) is 0 Å². The number of nitrogens with one attached hydrogen (secondary N) is 1. The van der Waals surface area contributed by atoms with Gasteiger partial charge in [-0.05, 0) is 40.8 Å². The van der Waals surface area contributed by atoms with Crippen LogP contribution in [0.3, 0.4) is 0 Å². The number of aromatic nitrogens is 4. The van der Waals surface area contributed by atoms with Crippen molar-refractivity contribution in [2.75, 3.05) is 11.9 Å². The Hall–Kier alpha value is -1.91. The van der Waals surface area contributed by atoms with Crippen LogP contribution in [0, 0.1) is 11.8 Å². The molecule has 1 aromatic heterocycles. The molecule has 1 heterocycles. The van der Waals surface area contributed by atoms with Gasteiger partial charge in [0.25, 0.3) is 0 Å². The second kappa shape index (κ2) is 6.03. The van der Waals surface area contributed by atoms with Crippen molar-refractivity contribution in [1.29, 1.82) is 0 Å². The Bertz CT molecular complexity index is 536. The third-order valence-corrected chi connectivity index (χ3v) is 4.28. The average Bonchev–Trinajstić information content (AvgIpc) is 2.96. The molecule has 20 heavy (non-hydrogen) atoms. The van der Waals surface area contributed by atoms with Crippen LogP contribution in [0.1, 0.15) is 32.6 Å². The van der Waals surface area contributed by atoms with Crippen LogP contribution in [0.25, 0.3) is 5.69 Å². The summed E-state index contributed by atoms with van der Waals surface area (Å²) in [6.07, 6.45) is 5.37. The Kier molecular flexibility index (Phi) is 3.95. The maximum atomic E-state index is 4.09. The van der Waals surface area contributed by atoms with Crippen LogP contribution in [-0.2, 0) is 0 Å². The first kappa shape index (κ1) is 13.1. The molecule has 1 aliphatic carbocycles. The Labute approximate surface area is 119 Å². The summed E-state index contributed by atoms with van der Waals surface area (Å²) in [6.45, 7) is 3.31. The first-order valence-corrected chi connectivity index (χ1v) is 7.42. The zero-order valence-electron chi connectivity index (χ0n) is 11.9. The summed E-state index contributed by atoms with van der Waals surface area (Å²) in [6, 6.07) is 9.98. The maximum Gasteiger partial charge on any atom is 0.247 e. The highest BCUT2D eigenvalue weighted by atomic mass is 15.6. The van der Waals surface area contributed by atoms with Gasteiger partial charge >= 0.3 is 0 Å².